The van der Waals surface area contributed by atoms with Crippen LogP contribution in [0, 0.1) is 23.2 Å². The lowest BCUT2D eigenvalue weighted by Gasteiger charge is -2.64. The number of aliphatic hydroxyl groups excluding tert-OH is 1. The van der Waals surface area contributed by atoms with Gasteiger partial charge in [0.25, 0.3) is 5.91 Å². The summed E-state index contributed by atoms with van der Waals surface area (Å²) in [6, 6.07) is 8.27. The molecule has 41 heavy (non-hydrogen) atoms. The van der Waals surface area contributed by atoms with Crippen molar-refractivity contribution in [3.05, 3.63) is 64.6 Å². The summed E-state index contributed by atoms with van der Waals surface area (Å²) in [7, 11) is 3.72. The van der Waals surface area contributed by atoms with E-state index < -0.39 is 34.7 Å². The number of amides is 1. The number of carbonyl (C=O) groups excluding carboxylic acids is 1. The van der Waals surface area contributed by atoms with Crippen LogP contribution in [-0.4, -0.2) is 66.8 Å². The van der Waals surface area contributed by atoms with Crippen LogP contribution < -0.4 is 5.32 Å². The Balaban J connectivity index is 1.47. The summed E-state index contributed by atoms with van der Waals surface area (Å²) in [6.45, 7) is 6.40. The molecular weight excluding hydrogens is 533 g/mol. The number of rotatable bonds is 6. The van der Waals surface area contributed by atoms with Gasteiger partial charge in [0.15, 0.2) is 5.76 Å². The smallest absolute Gasteiger partial charge is 0.421 e. The van der Waals surface area contributed by atoms with Gasteiger partial charge in [-0.05, 0) is 30.1 Å². The number of benzene rings is 1. The summed E-state index contributed by atoms with van der Waals surface area (Å²) in [5.74, 6) is -0.792. The number of quaternary nitrogens is 1. The number of nitrogens with one attached hydrogen (secondary N) is 1. The van der Waals surface area contributed by atoms with Crippen molar-refractivity contribution >= 4 is 12.0 Å². The van der Waals surface area contributed by atoms with Crippen LogP contribution in [0.15, 0.2) is 59.1 Å². The Bertz CT molecular complexity index is 1320. The van der Waals surface area contributed by atoms with E-state index in [1.807, 2.05) is 0 Å². The zero-order valence-electron chi connectivity index (χ0n) is 24.1. The standard InChI is InChI=1S/C32H39F3N2O4/c1-19(2)18-37(3)14-13-30-22-11-8-12-26(30)41-31(27(40-4)17-25(38)21(28(30)31)16-24(22)37)36-29(39)23(32(33,34)35)15-20-9-6-5-7-10-20/h5-7,9-10,15,17,19,22,24,26,28H,8,11-14,16,18H2,1-4H3,(H-,36,38,39)/p+1/t22-,24+,26-,28?,30+,31?,37?/m0/s1. The number of alkyl halides is 3. The maximum Gasteiger partial charge on any atom is 0.421 e. The monoisotopic (exact) mass is 573 g/mol. The summed E-state index contributed by atoms with van der Waals surface area (Å²) in [6.07, 6.45) is 1.27. The van der Waals surface area contributed by atoms with Crippen LogP contribution >= 0.6 is 0 Å². The minimum atomic E-state index is -4.90. The fourth-order valence-electron chi connectivity index (χ4n) is 9.34. The maximum absolute atomic E-state index is 14.4. The molecule has 2 saturated carbocycles. The summed E-state index contributed by atoms with van der Waals surface area (Å²) < 4.78 is 56.5. The molecule has 3 aliphatic carbocycles. The van der Waals surface area contributed by atoms with Crippen molar-refractivity contribution in [2.75, 3.05) is 27.2 Å². The second-order valence-electron chi connectivity index (χ2n) is 13.3. The van der Waals surface area contributed by atoms with E-state index in [2.05, 4.69) is 26.2 Å². The molecule has 6 rings (SSSR count). The van der Waals surface area contributed by atoms with E-state index in [1.165, 1.54) is 25.3 Å². The Morgan fingerprint density at radius 1 is 1.27 bits per heavy atom. The highest BCUT2D eigenvalue weighted by Gasteiger charge is 2.77. The third kappa shape index (κ3) is 4.17. The molecule has 4 fully saturated rings. The number of piperidine rings is 1. The number of halogens is 3. The topological polar surface area (TPSA) is 67.8 Å². The van der Waals surface area contributed by atoms with Gasteiger partial charge in [0, 0.05) is 42.1 Å². The molecular formula is C32H40F3N2O4+. The van der Waals surface area contributed by atoms with Gasteiger partial charge in [0.2, 0.25) is 5.72 Å². The Hall–Kier alpha value is -2.78. The highest BCUT2D eigenvalue weighted by Crippen LogP contribution is 2.71. The Labute approximate surface area is 239 Å². The lowest BCUT2D eigenvalue weighted by atomic mass is 9.46. The number of likely N-dealkylation sites (tertiary alicyclic amines) is 1. The first-order valence-electron chi connectivity index (χ1n) is 14.7. The zero-order valence-corrected chi connectivity index (χ0v) is 24.1. The molecule has 1 aromatic rings. The number of hydrogen-bond donors (Lipinski definition) is 2. The second-order valence-corrected chi connectivity index (χ2v) is 13.3. The van der Waals surface area contributed by atoms with Gasteiger partial charge >= 0.3 is 6.18 Å². The average Bonchev–Trinajstić information content (AvgIpc) is 3.19. The lowest BCUT2D eigenvalue weighted by Crippen LogP contribution is -2.72. The van der Waals surface area contributed by atoms with Crippen LogP contribution in [0.25, 0.3) is 6.08 Å². The number of allylic oxidation sites excluding steroid dienone is 1. The van der Waals surface area contributed by atoms with E-state index in [0.717, 1.165) is 54.9 Å². The van der Waals surface area contributed by atoms with Gasteiger partial charge in [-0.2, -0.15) is 13.2 Å². The molecule has 0 radical (unpaired) electrons. The fraction of sp³-hybridized carbons (Fsp3) is 0.594. The molecule has 6 nitrogen and oxygen atoms in total. The summed E-state index contributed by atoms with van der Waals surface area (Å²) in [5.41, 5.74) is -2.31. The molecule has 0 aromatic heterocycles. The molecule has 2 bridgehead atoms. The SMILES string of the molecule is COC1=CC(O)=C2C[C@@H]3[C@@H]4CCC[C@@H]5OC1(NC(=O)C(=Cc1ccccc1)C(F)(F)F)C2[C@@]54CC[N+]3(C)CC(C)C. The number of methoxy groups -OCH3 is 1. The number of ether oxygens (including phenoxy) is 2. The molecule has 9 heteroatoms. The molecule has 7 atom stereocenters. The van der Waals surface area contributed by atoms with Crippen LogP contribution in [0.5, 0.6) is 0 Å². The van der Waals surface area contributed by atoms with Crippen molar-refractivity contribution in [1.82, 2.24) is 5.32 Å². The second kappa shape index (κ2) is 9.63. The predicted molar refractivity (Wildman–Crippen MR) is 148 cm³/mol. The van der Waals surface area contributed by atoms with Gasteiger partial charge in [-0.15, -0.1) is 0 Å². The molecule has 1 aromatic carbocycles. The van der Waals surface area contributed by atoms with Crippen molar-refractivity contribution < 1.29 is 37.0 Å². The third-order valence-electron chi connectivity index (χ3n) is 10.6. The van der Waals surface area contributed by atoms with Crippen LogP contribution in [0.2, 0.25) is 0 Å². The van der Waals surface area contributed by atoms with E-state index in [4.69, 9.17) is 9.47 Å². The first-order chi connectivity index (χ1) is 19.4. The Morgan fingerprint density at radius 2 is 2.00 bits per heavy atom. The normalized spacial score (nSPS) is 38.0. The van der Waals surface area contributed by atoms with Crippen molar-refractivity contribution in [2.24, 2.45) is 23.2 Å². The number of nitrogens with zero attached hydrogens (tertiary/aromatic N) is 1. The van der Waals surface area contributed by atoms with Crippen LogP contribution in [-0.2, 0) is 14.3 Å². The van der Waals surface area contributed by atoms with E-state index in [-0.39, 0.29) is 35.1 Å². The Morgan fingerprint density at radius 3 is 2.66 bits per heavy atom. The van der Waals surface area contributed by atoms with E-state index in [9.17, 15) is 23.1 Å². The minimum absolute atomic E-state index is 0.0863. The molecule has 5 aliphatic rings. The zero-order chi connectivity index (χ0) is 29.4. The van der Waals surface area contributed by atoms with Gasteiger partial charge < -0.3 is 24.4 Å². The molecule has 3 unspecified atom stereocenters. The van der Waals surface area contributed by atoms with Gasteiger partial charge in [-0.1, -0.05) is 50.6 Å². The number of carbonyl (C=O) groups is 1. The highest BCUT2D eigenvalue weighted by atomic mass is 19.4. The van der Waals surface area contributed by atoms with E-state index >= 15 is 0 Å². The van der Waals surface area contributed by atoms with Crippen molar-refractivity contribution in [1.29, 1.82) is 0 Å². The fourth-order valence-corrected chi connectivity index (χ4v) is 9.34. The summed E-state index contributed by atoms with van der Waals surface area (Å²) in [4.78, 5) is 13.7. The highest BCUT2D eigenvalue weighted by molar-refractivity contribution is 5.99. The largest absolute Gasteiger partial charge is 0.508 e. The first kappa shape index (κ1) is 28.3. The number of aliphatic hydroxyl groups is 1. The van der Waals surface area contributed by atoms with Crippen molar-refractivity contribution in [3.8, 4) is 0 Å². The van der Waals surface area contributed by atoms with Crippen molar-refractivity contribution in [3.63, 3.8) is 0 Å². The molecule has 2 N–H and O–H groups in total. The number of hydrogen-bond acceptors (Lipinski definition) is 4. The lowest BCUT2D eigenvalue weighted by molar-refractivity contribution is -0.949. The predicted octanol–water partition coefficient (Wildman–Crippen LogP) is 5.88. The summed E-state index contributed by atoms with van der Waals surface area (Å²) in [5, 5.41) is 14.1. The van der Waals surface area contributed by atoms with Crippen LogP contribution in [0.4, 0.5) is 13.2 Å². The van der Waals surface area contributed by atoms with Crippen LogP contribution in [0.3, 0.4) is 0 Å². The van der Waals surface area contributed by atoms with Crippen LogP contribution in [0.1, 0.15) is 51.5 Å². The van der Waals surface area contributed by atoms with Gasteiger partial charge in [-0.25, -0.2) is 0 Å². The van der Waals surface area contributed by atoms with Crippen molar-refractivity contribution in [2.45, 2.75) is 70.0 Å². The molecule has 2 heterocycles. The maximum atomic E-state index is 14.4. The van der Waals surface area contributed by atoms with Gasteiger partial charge in [0.1, 0.15) is 11.3 Å². The Kier molecular flexibility index (Phi) is 6.66. The van der Waals surface area contributed by atoms with Gasteiger partial charge in [-0.3, -0.25) is 4.79 Å². The van der Waals surface area contributed by atoms with E-state index in [1.54, 1.807) is 18.2 Å². The molecule has 2 saturated heterocycles. The molecule has 1 spiro atoms. The first-order valence-corrected chi connectivity index (χ1v) is 14.7. The van der Waals surface area contributed by atoms with Gasteiger partial charge in [0.05, 0.1) is 39.4 Å². The minimum Gasteiger partial charge on any atom is -0.508 e. The molecule has 2 aliphatic heterocycles. The van der Waals surface area contributed by atoms with E-state index in [0.29, 0.717) is 12.3 Å². The molecule has 1 amide bonds. The average molecular weight is 574 g/mol. The quantitative estimate of drug-likeness (QED) is 0.330. The molecule has 222 valence electrons. The third-order valence-corrected chi connectivity index (χ3v) is 10.6. The summed E-state index contributed by atoms with van der Waals surface area (Å²) >= 11 is 0.